The van der Waals surface area contributed by atoms with Crippen LogP contribution in [0.2, 0.25) is 5.02 Å². The zero-order valence-corrected chi connectivity index (χ0v) is 18.9. The molecule has 0 N–H and O–H groups in total. The van der Waals surface area contributed by atoms with E-state index in [9.17, 15) is 4.39 Å². The molecule has 3 heteroatoms. The van der Waals surface area contributed by atoms with Crippen molar-refractivity contribution in [2.75, 3.05) is 0 Å². The summed E-state index contributed by atoms with van der Waals surface area (Å²) in [5.41, 5.74) is 2.79. The number of rotatable bonds is 2. The third-order valence-electron chi connectivity index (χ3n) is 4.60. The van der Waals surface area contributed by atoms with Gasteiger partial charge in [-0.15, -0.1) is 11.6 Å². The number of hydrogen-bond donors (Lipinski definition) is 0. The first-order chi connectivity index (χ1) is 10.1. The van der Waals surface area contributed by atoms with E-state index in [-0.39, 0.29) is 63.2 Å². The van der Waals surface area contributed by atoms with Gasteiger partial charge >= 0.3 is 58.2 Å². The molecule has 0 nitrogen and oxygen atoms in total. The van der Waals surface area contributed by atoms with Gasteiger partial charge in [-0.3, -0.25) is 4.39 Å². The van der Waals surface area contributed by atoms with Crippen molar-refractivity contribution in [3.63, 3.8) is 0 Å². The Morgan fingerprint density at radius 1 is 1.05 bits per heavy atom. The Morgan fingerprint density at radius 3 is 2.32 bits per heavy atom. The van der Waals surface area contributed by atoms with Crippen LogP contribution in [0.25, 0.3) is 11.1 Å². The van der Waals surface area contributed by atoms with Crippen molar-refractivity contribution in [2.24, 2.45) is 5.92 Å². The quantitative estimate of drug-likeness (QED) is 0.695. The second kappa shape index (κ2) is 8.53. The van der Waals surface area contributed by atoms with Crippen LogP contribution in [0.15, 0.2) is 36.4 Å². The fraction of sp³-hybridized carbons (Fsp3) is 0.368. The fourth-order valence-corrected chi connectivity index (χ4v) is 3.37. The SMILES string of the molecule is CC1CCC(c2ccc(-c3cc[c-]c(Cl)c3F)cc2)CC1.[Rb+]. The second-order valence-corrected chi connectivity index (χ2v) is 6.48. The first kappa shape index (κ1) is 18.8. The molecule has 3 rings (SSSR count). The standard InChI is InChI=1S/C19H19ClF.Rb/c1-13-5-7-14(8-6-13)15-9-11-16(12-10-15)17-3-2-4-18(20)19(17)21;/h2-3,9-14H,5-8H2,1H3;/q-1;+1. The Labute approximate surface area is 186 Å². The molecule has 0 unspecified atom stereocenters. The van der Waals surface area contributed by atoms with Crippen LogP contribution in [0.4, 0.5) is 4.39 Å². The van der Waals surface area contributed by atoms with E-state index in [4.69, 9.17) is 11.6 Å². The average Bonchev–Trinajstić information content (AvgIpc) is 2.51. The maximum Gasteiger partial charge on any atom is 1.00 e. The molecule has 1 aliphatic rings. The molecule has 0 bridgehead atoms. The van der Waals surface area contributed by atoms with E-state index in [0.717, 1.165) is 11.5 Å². The summed E-state index contributed by atoms with van der Waals surface area (Å²) in [6.07, 6.45) is 5.15. The summed E-state index contributed by atoms with van der Waals surface area (Å²) in [5.74, 6) is 1.13. The predicted octanol–water partition coefficient (Wildman–Crippen LogP) is 3.24. The zero-order chi connectivity index (χ0) is 14.8. The van der Waals surface area contributed by atoms with E-state index in [0.29, 0.717) is 11.5 Å². The molecule has 110 valence electrons. The van der Waals surface area contributed by atoms with Gasteiger partial charge in [-0.1, -0.05) is 49.6 Å². The van der Waals surface area contributed by atoms with E-state index in [1.807, 2.05) is 12.1 Å². The molecule has 2 aromatic carbocycles. The molecular weight excluding hydrogens is 368 g/mol. The molecule has 1 fully saturated rings. The molecule has 1 aliphatic carbocycles. The van der Waals surface area contributed by atoms with Crippen molar-refractivity contribution in [1.29, 1.82) is 0 Å². The Morgan fingerprint density at radius 2 is 1.68 bits per heavy atom. The van der Waals surface area contributed by atoms with Crippen molar-refractivity contribution in [1.82, 2.24) is 0 Å². The molecule has 0 spiro atoms. The summed E-state index contributed by atoms with van der Waals surface area (Å²) in [5, 5.41) is 0.0536. The van der Waals surface area contributed by atoms with Gasteiger partial charge in [0.15, 0.2) is 0 Å². The maximum absolute atomic E-state index is 14.0. The topological polar surface area (TPSA) is 0 Å². The van der Waals surface area contributed by atoms with Crippen LogP contribution in [-0.4, -0.2) is 0 Å². The minimum Gasteiger partial charge on any atom is -0.282 e. The Kier molecular flexibility index (Phi) is 7.29. The average molecular weight is 387 g/mol. The van der Waals surface area contributed by atoms with E-state index < -0.39 is 5.82 Å². The molecule has 0 saturated heterocycles. The van der Waals surface area contributed by atoms with Gasteiger partial charge in [0.1, 0.15) is 0 Å². The van der Waals surface area contributed by atoms with Crippen LogP contribution in [0.3, 0.4) is 0 Å². The third-order valence-corrected chi connectivity index (χ3v) is 4.87. The van der Waals surface area contributed by atoms with Crippen LogP contribution < -0.4 is 58.2 Å². The third kappa shape index (κ3) is 4.30. The van der Waals surface area contributed by atoms with Gasteiger partial charge < -0.3 is 0 Å². The number of halogens is 2. The van der Waals surface area contributed by atoms with E-state index in [1.165, 1.54) is 31.2 Å². The largest absolute Gasteiger partial charge is 1.00 e. The van der Waals surface area contributed by atoms with Crippen LogP contribution in [0, 0.1) is 17.8 Å². The summed E-state index contributed by atoms with van der Waals surface area (Å²) >= 11 is 5.80. The van der Waals surface area contributed by atoms with Crippen LogP contribution in [0.5, 0.6) is 0 Å². The molecule has 0 atom stereocenters. The van der Waals surface area contributed by atoms with Gasteiger partial charge in [0.2, 0.25) is 0 Å². The number of benzene rings is 2. The van der Waals surface area contributed by atoms with E-state index in [2.05, 4.69) is 25.1 Å². The Hall–Kier alpha value is 0.465. The number of hydrogen-bond acceptors (Lipinski definition) is 0. The predicted molar refractivity (Wildman–Crippen MR) is 86.1 cm³/mol. The molecule has 2 aromatic rings. The molecule has 0 heterocycles. The van der Waals surface area contributed by atoms with Crippen molar-refractivity contribution < 1.29 is 62.6 Å². The Bertz CT molecular complexity index is 616. The summed E-state index contributed by atoms with van der Waals surface area (Å²) in [4.78, 5) is 0. The van der Waals surface area contributed by atoms with Crippen LogP contribution >= 0.6 is 11.6 Å². The van der Waals surface area contributed by atoms with Crippen molar-refractivity contribution >= 4 is 11.6 Å². The summed E-state index contributed by atoms with van der Waals surface area (Å²) < 4.78 is 14.0. The molecule has 1 saturated carbocycles. The van der Waals surface area contributed by atoms with Crippen molar-refractivity contribution in [3.8, 4) is 11.1 Å². The van der Waals surface area contributed by atoms with Gasteiger partial charge in [0.25, 0.3) is 0 Å². The first-order valence-electron chi connectivity index (χ1n) is 7.61. The monoisotopic (exact) mass is 386 g/mol. The Balaban J connectivity index is 0.00000176. The second-order valence-electron chi connectivity index (χ2n) is 6.10. The normalized spacial score (nSPS) is 21.2. The molecule has 22 heavy (non-hydrogen) atoms. The van der Waals surface area contributed by atoms with Gasteiger partial charge in [-0.25, -0.2) is 0 Å². The molecule has 0 aliphatic heterocycles. The smallest absolute Gasteiger partial charge is 0.282 e. The molecular formula is C19H19ClFRb. The van der Waals surface area contributed by atoms with Gasteiger partial charge in [0, 0.05) is 5.82 Å². The summed E-state index contributed by atoms with van der Waals surface area (Å²) in [6, 6.07) is 14.3. The van der Waals surface area contributed by atoms with Crippen LogP contribution in [-0.2, 0) is 0 Å². The summed E-state index contributed by atoms with van der Waals surface area (Å²) in [7, 11) is 0. The first-order valence-corrected chi connectivity index (χ1v) is 7.99. The van der Waals surface area contributed by atoms with Gasteiger partial charge in [-0.05, 0) is 40.8 Å². The molecule has 0 aromatic heterocycles. The minimum absolute atomic E-state index is 0. The van der Waals surface area contributed by atoms with Crippen LogP contribution in [0.1, 0.15) is 44.1 Å². The molecule has 0 amide bonds. The fourth-order valence-electron chi connectivity index (χ4n) is 3.20. The van der Waals surface area contributed by atoms with Gasteiger partial charge in [-0.2, -0.15) is 18.2 Å². The summed E-state index contributed by atoms with van der Waals surface area (Å²) in [6.45, 7) is 2.33. The minimum atomic E-state index is -0.390. The van der Waals surface area contributed by atoms with Crippen molar-refractivity contribution in [2.45, 2.75) is 38.5 Å². The maximum atomic E-state index is 14.0. The zero-order valence-electron chi connectivity index (χ0n) is 13.2. The van der Waals surface area contributed by atoms with Gasteiger partial charge in [0.05, 0.1) is 0 Å². The molecule has 0 radical (unpaired) electrons. The van der Waals surface area contributed by atoms with E-state index in [1.54, 1.807) is 12.1 Å². The van der Waals surface area contributed by atoms with Crippen molar-refractivity contribution in [3.05, 3.63) is 58.9 Å². The van der Waals surface area contributed by atoms with E-state index >= 15 is 0 Å².